The lowest BCUT2D eigenvalue weighted by Crippen LogP contribution is -2.20. The smallest absolute Gasteiger partial charge is 0.243 e. The number of nitrogens with zero attached hydrogens (tertiary/aromatic N) is 1. The van der Waals surface area contributed by atoms with Gasteiger partial charge < -0.3 is 10.1 Å². The fourth-order valence-electron chi connectivity index (χ4n) is 1.94. The van der Waals surface area contributed by atoms with Crippen molar-refractivity contribution in [2.45, 2.75) is 39.0 Å². The Kier molecular flexibility index (Phi) is 7.91. The van der Waals surface area contributed by atoms with Crippen molar-refractivity contribution in [2.75, 3.05) is 12.4 Å². The van der Waals surface area contributed by atoms with Crippen molar-refractivity contribution in [1.29, 1.82) is 0 Å². The molecule has 1 atom stereocenters. The minimum atomic E-state index is -0.377. The van der Waals surface area contributed by atoms with Gasteiger partial charge in [0, 0.05) is 18.4 Å². The van der Waals surface area contributed by atoms with Crippen LogP contribution in [0.15, 0.2) is 18.3 Å². The molecule has 0 bridgehead atoms. The molecule has 122 valence electrons. The van der Waals surface area contributed by atoms with E-state index in [0.29, 0.717) is 24.4 Å². The molecule has 0 saturated carbocycles. The van der Waals surface area contributed by atoms with Gasteiger partial charge in [-0.15, -0.1) is 0 Å². The van der Waals surface area contributed by atoms with Gasteiger partial charge in [-0.05, 0) is 18.9 Å². The van der Waals surface area contributed by atoms with Crippen LogP contribution in [0.2, 0.25) is 0 Å². The number of hydroxylamine groups is 1. The molecule has 1 unspecified atom stereocenters. The first-order valence-corrected chi connectivity index (χ1v) is 7.30. The minimum absolute atomic E-state index is 0.0555. The van der Waals surface area contributed by atoms with Crippen LogP contribution in [0.5, 0.6) is 5.88 Å². The maximum Gasteiger partial charge on any atom is 0.243 e. The summed E-state index contributed by atoms with van der Waals surface area (Å²) in [5.41, 5.74) is 2.24. The van der Waals surface area contributed by atoms with Gasteiger partial charge in [0.2, 0.25) is 17.7 Å². The van der Waals surface area contributed by atoms with E-state index in [9.17, 15) is 9.59 Å². The minimum Gasteiger partial charge on any atom is -0.481 e. The highest BCUT2D eigenvalue weighted by Crippen LogP contribution is 2.15. The van der Waals surface area contributed by atoms with E-state index in [1.807, 2.05) is 6.92 Å². The molecule has 0 aliphatic heterocycles. The molecule has 7 heteroatoms. The molecule has 1 rings (SSSR count). The van der Waals surface area contributed by atoms with Crippen LogP contribution in [0.3, 0.4) is 0 Å². The number of hydrogen-bond donors (Lipinski definition) is 3. The Bertz CT molecular complexity index is 476. The van der Waals surface area contributed by atoms with Gasteiger partial charge in [-0.1, -0.05) is 19.8 Å². The molecule has 7 nitrogen and oxygen atoms in total. The zero-order chi connectivity index (χ0) is 16.4. The van der Waals surface area contributed by atoms with Crippen molar-refractivity contribution in [3.63, 3.8) is 0 Å². The molecule has 0 saturated heterocycles. The fraction of sp³-hybridized carbons (Fsp3) is 0.533. The van der Waals surface area contributed by atoms with E-state index in [4.69, 9.17) is 9.94 Å². The Morgan fingerprint density at radius 1 is 1.32 bits per heavy atom. The molecular formula is C15H23N3O4. The zero-order valence-electron chi connectivity index (χ0n) is 13.0. The Morgan fingerprint density at radius 2 is 2.09 bits per heavy atom. The van der Waals surface area contributed by atoms with Crippen molar-refractivity contribution >= 4 is 17.5 Å². The van der Waals surface area contributed by atoms with E-state index in [1.54, 1.807) is 23.8 Å². The second-order valence-electron chi connectivity index (χ2n) is 5.11. The maximum absolute atomic E-state index is 12.0. The summed E-state index contributed by atoms with van der Waals surface area (Å²) >= 11 is 0. The van der Waals surface area contributed by atoms with Crippen LogP contribution in [0, 0.1) is 5.92 Å². The summed E-state index contributed by atoms with van der Waals surface area (Å²) in [6.07, 6.45) is 4.99. The quantitative estimate of drug-likeness (QED) is 0.368. The molecule has 0 aliphatic carbocycles. The first-order valence-electron chi connectivity index (χ1n) is 7.30. The highest BCUT2D eigenvalue weighted by Gasteiger charge is 2.13. The third kappa shape index (κ3) is 6.53. The van der Waals surface area contributed by atoms with Gasteiger partial charge in [0.25, 0.3) is 0 Å². The normalized spacial score (nSPS) is 11.6. The van der Waals surface area contributed by atoms with Gasteiger partial charge in [0.1, 0.15) is 0 Å². The predicted molar refractivity (Wildman–Crippen MR) is 81.6 cm³/mol. The number of amides is 2. The second-order valence-corrected chi connectivity index (χ2v) is 5.11. The van der Waals surface area contributed by atoms with Gasteiger partial charge >= 0.3 is 0 Å². The van der Waals surface area contributed by atoms with Crippen molar-refractivity contribution in [3.8, 4) is 5.88 Å². The van der Waals surface area contributed by atoms with Crippen LogP contribution >= 0.6 is 0 Å². The third-order valence-corrected chi connectivity index (χ3v) is 3.33. The highest BCUT2D eigenvalue weighted by molar-refractivity contribution is 5.92. The van der Waals surface area contributed by atoms with Gasteiger partial charge in [-0.3, -0.25) is 14.8 Å². The van der Waals surface area contributed by atoms with Crippen LogP contribution in [0.4, 0.5) is 5.69 Å². The number of pyridine rings is 1. The van der Waals surface area contributed by atoms with Crippen LogP contribution < -0.4 is 15.5 Å². The molecule has 0 fully saturated rings. The number of hydrogen-bond acceptors (Lipinski definition) is 5. The van der Waals surface area contributed by atoms with Crippen LogP contribution in [0.1, 0.15) is 39.0 Å². The monoisotopic (exact) mass is 309 g/mol. The van der Waals surface area contributed by atoms with Crippen molar-refractivity contribution in [3.05, 3.63) is 18.3 Å². The summed E-state index contributed by atoms with van der Waals surface area (Å²) in [5.74, 6) is -0.0513. The topological polar surface area (TPSA) is 101 Å². The van der Waals surface area contributed by atoms with Gasteiger partial charge in [-0.2, -0.15) is 0 Å². The Balaban J connectivity index is 2.25. The lowest BCUT2D eigenvalue weighted by atomic mass is 10.0. The van der Waals surface area contributed by atoms with E-state index in [2.05, 4.69) is 10.3 Å². The first kappa shape index (κ1) is 17.9. The van der Waals surface area contributed by atoms with Gasteiger partial charge in [0.05, 0.1) is 19.0 Å². The molecule has 0 spiro atoms. The molecule has 2 amide bonds. The van der Waals surface area contributed by atoms with Crippen molar-refractivity contribution in [2.24, 2.45) is 5.92 Å². The average Bonchev–Trinajstić information content (AvgIpc) is 2.54. The fourth-order valence-corrected chi connectivity index (χ4v) is 1.94. The number of carbonyl (C=O) groups excluding carboxylic acids is 2. The van der Waals surface area contributed by atoms with Crippen molar-refractivity contribution in [1.82, 2.24) is 10.5 Å². The highest BCUT2D eigenvalue weighted by atomic mass is 16.5. The molecule has 1 heterocycles. The third-order valence-electron chi connectivity index (χ3n) is 3.33. The number of aromatic nitrogens is 1. The predicted octanol–water partition coefficient (Wildman–Crippen LogP) is 2.12. The lowest BCUT2D eigenvalue weighted by molar-refractivity contribution is -0.129. The summed E-state index contributed by atoms with van der Waals surface area (Å²) in [7, 11) is 1.53. The van der Waals surface area contributed by atoms with Gasteiger partial charge in [-0.25, -0.2) is 10.5 Å². The van der Waals surface area contributed by atoms with E-state index in [0.717, 1.165) is 19.3 Å². The number of anilines is 1. The molecule has 0 aromatic carbocycles. The average molecular weight is 309 g/mol. The van der Waals surface area contributed by atoms with E-state index in [-0.39, 0.29) is 17.7 Å². The molecule has 22 heavy (non-hydrogen) atoms. The standard InChI is InChI=1S/C15H23N3O4/c1-11(6-4-3-5-7-13(19)18-21)15(20)17-12-8-9-14(22-2)16-10-12/h8-11,21H,3-7H2,1-2H3,(H,17,20)(H,18,19). The number of ether oxygens (including phenoxy) is 1. The maximum atomic E-state index is 12.0. The molecular weight excluding hydrogens is 286 g/mol. The number of methoxy groups -OCH3 is 1. The summed E-state index contributed by atoms with van der Waals surface area (Å²) in [5, 5.41) is 11.2. The van der Waals surface area contributed by atoms with Crippen LogP contribution in [-0.4, -0.2) is 29.1 Å². The van der Waals surface area contributed by atoms with Crippen LogP contribution in [-0.2, 0) is 9.59 Å². The Labute approximate surface area is 130 Å². The number of unbranched alkanes of at least 4 members (excludes halogenated alkanes) is 2. The largest absolute Gasteiger partial charge is 0.481 e. The SMILES string of the molecule is COc1ccc(NC(=O)C(C)CCCCCC(=O)NO)cn1. The number of carbonyl (C=O) groups is 2. The number of rotatable bonds is 9. The first-order chi connectivity index (χ1) is 10.6. The summed E-state index contributed by atoms with van der Waals surface area (Å²) in [4.78, 5) is 26.9. The molecule has 1 aromatic heterocycles. The Morgan fingerprint density at radius 3 is 2.68 bits per heavy atom. The van der Waals surface area contributed by atoms with E-state index < -0.39 is 0 Å². The molecule has 1 aromatic rings. The molecule has 0 aliphatic rings. The summed E-state index contributed by atoms with van der Waals surface area (Å²) < 4.78 is 4.95. The van der Waals surface area contributed by atoms with Crippen LogP contribution in [0.25, 0.3) is 0 Å². The van der Waals surface area contributed by atoms with Crippen molar-refractivity contribution < 1.29 is 19.5 Å². The van der Waals surface area contributed by atoms with E-state index in [1.165, 1.54) is 7.11 Å². The summed E-state index contributed by atoms with van der Waals surface area (Å²) in [6, 6.07) is 3.43. The van der Waals surface area contributed by atoms with Gasteiger partial charge in [0.15, 0.2) is 0 Å². The summed E-state index contributed by atoms with van der Waals surface area (Å²) in [6.45, 7) is 1.87. The number of nitrogens with one attached hydrogen (secondary N) is 2. The molecule has 0 radical (unpaired) electrons. The zero-order valence-corrected chi connectivity index (χ0v) is 13.0. The Hall–Kier alpha value is -2.15. The molecule has 3 N–H and O–H groups in total. The lowest BCUT2D eigenvalue weighted by Gasteiger charge is -2.12. The van der Waals surface area contributed by atoms with E-state index >= 15 is 0 Å². The second kappa shape index (κ2) is 9.73.